The lowest BCUT2D eigenvalue weighted by Gasteiger charge is -2.31. The molecule has 8 heteroatoms. The minimum Gasteiger partial charge on any atom is -0.492 e. The Morgan fingerprint density at radius 1 is 1.11 bits per heavy atom. The first-order chi connectivity index (χ1) is 13.4. The second-order valence-electron chi connectivity index (χ2n) is 6.83. The Balaban J connectivity index is 1.51. The number of rotatable bonds is 8. The van der Waals surface area contributed by atoms with Crippen molar-refractivity contribution in [2.24, 2.45) is 5.14 Å². The van der Waals surface area contributed by atoms with Crippen molar-refractivity contribution < 1.29 is 17.9 Å². The number of para-hydroxylation sites is 1. The summed E-state index contributed by atoms with van der Waals surface area (Å²) in [6, 6.07) is 14.6. The summed E-state index contributed by atoms with van der Waals surface area (Å²) in [5.41, 5.74) is 2.54. The van der Waals surface area contributed by atoms with E-state index in [0.29, 0.717) is 12.4 Å². The van der Waals surface area contributed by atoms with E-state index in [-0.39, 0.29) is 4.90 Å². The van der Waals surface area contributed by atoms with Crippen LogP contribution in [0.2, 0.25) is 0 Å². The quantitative estimate of drug-likeness (QED) is 0.719. The van der Waals surface area contributed by atoms with Gasteiger partial charge in [0.05, 0.1) is 18.1 Å². The molecule has 0 saturated carbocycles. The summed E-state index contributed by atoms with van der Waals surface area (Å²) in [5, 5.41) is 5.10. The first kappa shape index (κ1) is 20.6. The number of morpholine rings is 1. The van der Waals surface area contributed by atoms with Gasteiger partial charge in [0, 0.05) is 31.9 Å². The Morgan fingerprint density at radius 3 is 2.46 bits per heavy atom. The van der Waals surface area contributed by atoms with E-state index in [0.717, 1.165) is 39.4 Å². The van der Waals surface area contributed by atoms with Crippen molar-refractivity contribution >= 4 is 15.7 Å². The van der Waals surface area contributed by atoms with E-state index in [1.54, 1.807) is 12.1 Å². The maximum absolute atomic E-state index is 11.3. The number of nitrogens with two attached hydrogens (primary N) is 1. The first-order valence-corrected chi connectivity index (χ1v) is 10.8. The molecular weight excluding hydrogens is 378 g/mol. The molecule has 3 rings (SSSR count). The Kier molecular flexibility index (Phi) is 6.90. The van der Waals surface area contributed by atoms with E-state index < -0.39 is 10.0 Å². The summed E-state index contributed by atoms with van der Waals surface area (Å²) < 4.78 is 33.7. The van der Waals surface area contributed by atoms with Gasteiger partial charge in [0.2, 0.25) is 10.0 Å². The Morgan fingerprint density at radius 2 is 1.79 bits per heavy atom. The molecule has 0 bridgehead atoms. The van der Waals surface area contributed by atoms with Crippen LogP contribution in [0.4, 0.5) is 5.69 Å². The lowest BCUT2D eigenvalue weighted by Crippen LogP contribution is -2.37. The molecule has 0 unspecified atom stereocenters. The van der Waals surface area contributed by atoms with Crippen LogP contribution >= 0.6 is 0 Å². The van der Waals surface area contributed by atoms with E-state index >= 15 is 0 Å². The molecule has 1 heterocycles. The molecule has 1 aliphatic heterocycles. The summed E-state index contributed by atoms with van der Waals surface area (Å²) in [7, 11) is -1.62. The number of primary sulfonamides is 1. The second kappa shape index (κ2) is 9.38. The minimum atomic E-state index is -3.68. The van der Waals surface area contributed by atoms with Crippen molar-refractivity contribution in [2.45, 2.75) is 11.4 Å². The number of sulfonamides is 1. The third-order valence-electron chi connectivity index (χ3n) is 4.68. The third kappa shape index (κ3) is 5.68. The fourth-order valence-electron chi connectivity index (χ4n) is 3.17. The lowest BCUT2D eigenvalue weighted by atomic mass is 10.1. The van der Waals surface area contributed by atoms with Gasteiger partial charge in [0.15, 0.2) is 0 Å². The van der Waals surface area contributed by atoms with Crippen molar-refractivity contribution in [1.82, 2.24) is 4.90 Å². The van der Waals surface area contributed by atoms with Crippen LogP contribution in [0.1, 0.15) is 5.56 Å². The summed E-state index contributed by atoms with van der Waals surface area (Å²) in [6.07, 6.45) is 0. The second-order valence-corrected chi connectivity index (χ2v) is 8.39. The summed E-state index contributed by atoms with van der Waals surface area (Å²) in [5.74, 6) is 0.620. The van der Waals surface area contributed by atoms with Gasteiger partial charge in [0.1, 0.15) is 12.4 Å². The van der Waals surface area contributed by atoms with E-state index in [1.165, 1.54) is 23.4 Å². The van der Waals surface area contributed by atoms with E-state index in [9.17, 15) is 8.42 Å². The standard InChI is InChI=1S/C20H27N3O4S/c1-22(10-15-27-18-6-8-19(9-7-18)28(21,24)25)16-17-4-2-3-5-20(17)23-11-13-26-14-12-23/h2-9H,10-16H2,1H3,(H2,21,24,25). The largest absolute Gasteiger partial charge is 0.492 e. The van der Waals surface area contributed by atoms with E-state index in [2.05, 4.69) is 41.1 Å². The zero-order valence-electron chi connectivity index (χ0n) is 16.1. The molecule has 2 aromatic rings. The van der Waals surface area contributed by atoms with Crippen LogP contribution in [0.15, 0.2) is 53.4 Å². The zero-order chi connectivity index (χ0) is 20.0. The first-order valence-electron chi connectivity index (χ1n) is 9.28. The van der Waals surface area contributed by atoms with Crippen LogP contribution in [0.3, 0.4) is 0 Å². The van der Waals surface area contributed by atoms with Crippen LogP contribution in [0.5, 0.6) is 5.75 Å². The van der Waals surface area contributed by atoms with Crippen molar-refractivity contribution in [3.05, 3.63) is 54.1 Å². The summed E-state index contributed by atoms with van der Waals surface area (Å²) in [4.78, 5) is 4.66. The van der Waals surface area contributed by atoms with Gasteiger partial charge < -0.3 is 14.4 Å². The summed E-state index contributed by atoms with van der Waals surface area (Å²) >= 11 is 0. The monoisotopic (exact) mass is 405 g/mol. The molecule has 0 aromatic heterocycles. The molecule has 7 nitrogen and oxygen atoms in total. The number of nitrogens with zero attached hydrogens (tertiary/aromatic N) is 2. The van der Waals surface area contributed by atoms with Crippen LogP contribution in [-0.4, -0.2) is 59.8 Å². The van der Waals surface area contributed by atoms with Crippen LogP contribution in [-0.2, 0) is 21.3 Å². The van der Waals surface area contributed by atoms with Crippen molar-refractivity contribution in [2.75, 3.05) is 51.4 Å². The Hall–Kier alpha value is -2.13. The van der Waals surface area contributed by atoms with Crippen molar-refractivity contribution in [3.63, 3.8) is 0 Å². The minimum absolute atomic E-state index is 0.0803. The molecule has 0 spiro atoms. The van der Waals surface area contributed by atoms with Gasteiger partial charge in [-0.25, -0.2) is 13.6 Å². The Labute approximate surface area is 166 Å². The predicted molar refractivity (Wildman–Crippen MR) is 109 cm³/mol. The topological polar surface area (TPSA) is 85.1 Å². The number of ether oxygens (including phenoxy) is 2. The SMILES string of the molecule is CN(CCOc1ccc(S(N)(=O)=O)cc1)Cc1ccccc1N1CCOCC1. The average Bonchev–Trinajstić information content (AvgIpc) is 2.69. The highest BCUT2D eigenvalue weighted by Crippen LogP contribution is 2.22. The molecule has 1 saturated heterocycles. The van der Waals surface area contributed by atoms with Crippen molar-refractivity contribution in [1.29, 1.82) is 0 Å². The molecule has 2 N–H and O–H groups in total. The van der Waals surface area contributed by atoms with Crippen LogP contribution in [0, 0.1) is 0 Å². The summed E-state index contributed by atoms with van der Waals surface area (Å²) in [6.45, 7) is 5.43. The fraction of sp³-hybridized carbons (Fsp3) is 0.400. The number of likely N-dealkylation sites (N-methyl/N-ethyl adjacent to an activating group) is 1. The normalized spacial score (nSPS) is 15.0. The average molecular weight is 406 g/mol. The van der Waals surface area contributed by atoms with Crippen LogP contribution < -0.4 is 14.8 Å². The highest BCUT2D eigenvalue weighted by molar-refractivity contribution is 7.89. The fourth-order valence-corrected chi connectivity index (χ4v) is 3.69. The molecule has 0 atom stereocenters. The molecule has 0 aliphatic carbocycles. The molecule has 28 heavy (non-hydrogen) atoms. The molecule has 2 aromatic carbocycles. The maximum Gasteiger partial charge on any atom is 0.238 e. The molecular formula is C20H27N3O4S. The Bertz CT molecular complexity index is 865. The van der Waals surface area contributed by atoms with Gasteiger partial charge >= 0.3 is 0 Å². The van der Waals surface area contributed by atoms with Gasteiger partial charge in [-0.15, -0.1) is 0 Å². The number of benzene rings is 2. The number of hydrogen-bond acceptors (Lipinski definition) is 6. The molecule has 1 fully saturated rings. The van der Waals surface area contributed by atoms with Gasteiger partial charge in [-0.05, 0) is 42.9 Å². The molecule has 0 amide bonds. The third-order valence-corrected chi connectivity index (χ3v) is 5.61. The lowest BCUT2D eigenvalue weighted by molar-refractivity contribution is 0.122. The van der Waals surface area contributed by atoms with Crippen molar-refractivity contribution in [3.8, 4) is 5.75 Å². The number of hydrogen-bond donors (Lipinski definition) is 1. The maximum atomic E-state index is 11.3. The molecule has 0 radical (unpaired) electrons. The van der Waals surface area contributed by atoms with Gasteiger partial charge in [-0.3, -0.25) is 4.90 Å². The zero-order valence-corrected chi connectivity index (χ0v) is 16.9. The highest BCUT2D eigenvalue weighted by Gasteiger charge is 2.15. The van der Waals surface area contributed by atoms with E-state index in [4.69, 9.17) is 14.6 Å². The van der Waals surface area contributed by atoms with Crippen LogP contribution in [0.25, 0.3) is 0 Å². The highest BCUT2D eigenvalue weighted by atomic mass is 32.2. The number of anilines is 1. The molecule has 152 valence electrons. The van der Waals surface area contributed by atoms with E-state index in [1.807, 2.05) is 0 Å². The van der Waals surface area contributed by atoms with Gasteiger partial charge in [-0.1, -0.05) is 18.2 Å². The smallest absolute Gasteiger partial charge is 0.238 e. The molecule has 1 aliphatic rings. The van der Waals surface area contributed by atoms with Gasteiger partial charge in [0.25, 0.3) is 0 Å². The predicted octanol–water partition coefficient (Wildman–Crippen LogP) is 1.68. The van der Waals surface area contributed by atoms with Gasteiger partial charge in [-0.2, -0.15) is 0 Å².